The Balaban J connectivity index is 1.34. The lowest BCUT2D eigenvalue weighted by molar-refractivity contribution is 0.167. The molecule has 29 heavy (non-hydrogen) atoms. The van der Waals surface area contributed by atoms with Crippen molar-refractivity contribution in [3.8, 4) is 0 Å². The summed E-state index contributed by atoms with van der Waals surface area (Å²) in [6, 6.07) is 5.80. The predicted molar refractivity (Wildman–Crippen MR) is 107 cm³/mol. The van der Waals surface area contributed by atoms with E-state index in [0.717, 1.165) is 31.4 Å². The van der Waals surface area contributed by atoms with Gasteiger partial charge in [-0.1, -0.05) is 12.5 Å². The molecule has 3 fully saturated rings. The standard InChI is InChI=1S/C21H28N6O2/c1-26-18(24-25-20(26)29)17-15(14-6-7-14)8-12-27(17)19(28)23-13-21(9-4-10-21)16-5-2-3-11-22-16/h2-3,5,11,14-15,17H,4,6-10,12-13H2,1H3,(H,23,28)(H,25,29). The monoisotopic (exact) mass is 396 g/mol. The Morgan fingerprint density at radius 1 is 1.31 bits per heavy atom. The van der Waals surface area contributed by atoms with Crippen LogP contribution in [-0.2, 0) is 12.5 Å². The number of urea groups is 1. The van der Waals surface area contributed by atoms with E-state index in [4.69, 9.17) is 0 Å². The maximum Gasteiger partial charge on any atom is 0.343 e. The molecule has 3 heterocycles. The Labute approximate surface area is 169 Å². The van der Waals surface area contributed by atoms with Gasteiger partial charge in [-0.2, -0.15) is 5.10 Å². The van der Waals surface area contributed by atoms with Crippen LogP contribution in [0.2, 0.25) is 0 Å². The number of nitrogens with zero attached hydrogens (tertiary/aromatic N) is 4. The number of hydrogen-bond acceptors (Lipinski definition) is 4. The lowest BCUT2D eigenvalue weighted by atomic mass is 9.66. The molecule has 3 aliphatic rings. The molecule has 0 spiro atoms. The van der Waals surface area contributed by atoms with E-state index in [1.807, 2.05) is 23.2 Å². The van der Waals surface area contributed by atoms with E-state index < -0.39 is 0 Å². The van der Waals surface area contributed by atoms with E-state index in [-0.39, 0.29) is 23.2 Å². The number of aromatic amines is 1. The van der Waals surface area contributed by atoms with Crippen LogP contribution < -0.4 is 11.0 Å². The van der Waals surface area contributed by atoms with Crippen LogP contribution in [0, 0.1) is 11.8 Å². The zero-order valence-corrected chi connectivity index (χ0v) is 16.8. The van der Waals surface area contributed by atoms with Crippen molar-refractivity contribution in [3.05, 3.63) is 46.4 Å². The topological polar surface area (TPSA) is 95.9 Å². The fourth-order valence-corrected chi connectivity index (χ4v) is 5.17. The van der Waals surface area contributed by atoms with Crippen LogP contribution in [-0.4, -0.2) is 43.8 Å². The summed E-state index contributed by atoms with van der Waals surface area (Å²) in [6.07, 6.45) is 8.47. The van der Waals surface area contributed by atoms with Crippen LogP contribution >= 0.6 is 0 Å². The van der Waals surface area contributed by atoms with Gasteiger partial charge in [-0.05, 0) is 56.1 Å². The summed E-state index contributed by atoms with van der Waals surface area (Å²) >= 11 is 0. The second kappa shape index (κ2) is 7.00. The number of nitrogens with one attached hydrogen (secondary N) is 2. The highest BCUT2D eigenvalue weighted by Crippen LogP contribution is 2.50. The van der Waals surface area contributed by atoms with E-state index in [0.29, 0.717) is 30.7 Å². The molecular weight excluding hydrogens is 368 g/mol. The molecule has 2 aromatic heterocycles. The number of hydrogen-bond donors (Lipinski definition) is 2. The minimum atomic E-state index is -0.231. The van der Waals surface area contributed by atoms with Gasteiger partial charge in [0.2, 0.25) is 0 Å². The maximum absolute atomic E-state index is 13.2. The molecule has 2 N–H and O–H groups in total. The van der Waals surface area contributed by atoms with E-state index in [1.54, 1.807) is 11.6 Å². The zero-order chi connectivity index (χ0) is 20.0. The third-order valence-corrected chi connectivity index (χ3v) is 7.21. The SMILES string of the molecule is Cn1c(C2C(C3CC3)CCN2C(=O)NCC2(c3ccccn3)CCC2)n[nH]c1=O. The summed E-state index contributed by atoms with van der Waals surface area (Å²) in [7, 11) is 1.73. The lowest BCUT2D eigenvalue weighted by Crippen LogP contribution is -2.50. The molecule has 2 saturated carbocycles. The molecule has 2 unspecified atom stereocenters. The van der Waals surface area contributed by atoms with Gasteiger partial charge in [-0.15, -0.1) is 0 Å². The highest BCUT2D eigenvalue weighted by atomic mass is 16.2. The minimum absolute atomic E-state index is 0.0543. The number of carbonyl (C=O) groups is 1. The number of carbonyl (C=O) groups excluding carboxylic acids is 1. The van der Waals surface area contributed by atoms with Gasteiger partial charge < -0.3 is 10.2 Å². The van der Waals surface area contributed by atoms with Crippen molar-refractivity contribution in [2.45, 2.75) is 50.0 Å². The molecule has 5 rings (SSSR count). The van der Waals surface area contributed by atoms with E-state index in [1.165, 1.54) is 12.8 Å². The summed E-state index contributed by atoms with van der Waals surface area (Å²) in [6.45, 7) is 1.30. The second-order valence-corrected chi connectivity index (χ2v) is 8.88. The third-order valence-electron chi connectivity index (χ3n) is 7.21. The average molecular weight is 396 g/mol. The average Bonchev–Trinajstić information content (AvgIpc) is 3.38. The van der Waals surface area contributed by atoms with Gasteiger partial charge in [0.25, 0.3) is 0 Å². The molecule has 0 bridgehead atoms. The number of rotatable bonds is 5. The first-order valence-electron chi connectivity index (χ1n) is 10.7. The Hall–Kier alpha value is -2.64. The molecule has 154 valence electrons. The Bertz CT molecular complexity index is 944. The van der Waals surface area contributed by atoms with Crippen LogP contribution in [0.25, 0.3) is 0 Å². The van der Waals surface area contributed by atoms with Gasteiger partial charge in [-0.3, -0.25) is 9.55 Å². The molecule has 1 aliphatic heterocycles. The number of H-pyrrole nitrogens is 1. The predicted octanol–water partition coefficient (Wildman–Crippen LogP) is 2.11. The summed E-state index contributed by atoms with van der Waals surface area (Å²) in [5, 5.41) is 10.0. The molecule has 0 aromatic carbocycles. The smallest absolute Gasteiger partial charge is 0.337 e. The van der Waals surface area contributed by atoms with Crippen molar-refractivity contribution in [2.24, 2.45) is 18.9 Å². The van der Waals surface area contributed by atoms with Gasteiger partial charge in [0.05, 0.1) is 6.04 Å². The van der Waals surface area contributed by atoms with Crippen molar-refractivity contribution in [2.75, 3.05) is 13.1 Å². The first-order valence-corrected chi connectivity index (χ1v) is 10.7. The minimum Gasteiger partial charge on any atom is -0.337 e. The van der Waals surface area contributed by atoms with Gasteiger partial charge in [0.1, 0.15) is 0 Å². The zero-order valence-electron chi connectivity index (χ0n) is 16.8. The molecule has 2 aliphatic carbocycles. The normalized spacial score (nSPS) is 25.6. The van der Waals surface area contributed by atoms with Gasteiger partial charge in [-0.25, -0.2) is 14.7 Å². The number of aromatic nitrogens is 4. The fraction of sp³-hybridized carbons (Fsp3) is 0.619. The molecule has 8 nitrogen and oxygen atoms in total. The summed E-state index contributed by atoms with van der Waals surface area (Å²) in [5.74, 6) is 1.68. The second-order valence-electron chi connectivity index (χ2n) is 8.88. The number of amides is 2. The van der Waals surface area contributed by atoms with Crippen molar-refractivity contribution >= 4 is 6.03 Å². The molecule has 1 saturated heterocycles. The van der Waals surface area contributed by atoms with E-state index >= 15 is 0 Å². The largest absolute Gasteiger partial charge is 0.343 e. The van der Waals surface area contributed by atoms with Crippen molar-refractivity contribution < 1.29 is 4.79 Å². The quantitative estimate of drug-likeness (QED) is 0.809. The molecular formula is C21H28N6O2. The van der Waals surface area contributed by atoms with E-state index in [9.17, 15) is 9.59 Å². The van der Waals surface area contributed by atoms with Crippen LogP contribution in [0.5, 0.6) is 0 Å². The molecule has 2 aromatic rings. The first-order chi connectivity index (χ1) is 14.1. The van der Waals surface area contributed by atoms with Crippen molar-refractivity contribution in [3.63, 3.8) is 0 Å². The summed E-state index contributed by atoms with van der Waals surface area (Å²) < 4.78 is 1.55. The van der Waals surface area contributed by atoms with Gasteiger partial charge in [0.15, 0.2) is 5.82 Å². The number of likely N-dealkylation sites (tertiary alicyclic amines) is 1. The lowest BCUT2D eigenvalue weighted by Gasteiger charge is -2.42. The summed E-state index contributed by atoms with van der Waals surface area (Å²) in [5.41, 5.74) is 0.779. The number of pyridine rings is 1. The van der Waals surface area contributed by atoms with Crippen molar-refractivity contribution in [1.29, 1.82) is 0 Å². The molecule has 2 atom stereocenters. The Kier molecular flexibility index (Phi) is 4.44. The molecule has 8 heteroatoms. The highest BCUT2D eigenvalue weighted by Gasteiger charge is 2.48. The summed E-state index contributed by atoms with van der Waals surface area (Å²) in [4.78, 5) is 31.6. The van der Waals surface area contributed by atoms with Gasteiger partial charge in [0, 0.05) is 37.4 Å². The van der Waals surface area contributed by atoms with Crippen LogP contribution in [0.15, 0.2) is 29.2 Å². The van der Waals surface area contributed by atoms with Crippen LogP contribution in [0.1, 0.15) is 56.1 Å². The van der Waals surface area contributed by atoms with Crippen LogP contribution in [0.3, 0.4) is 0 Å². The molecule has 2 amide bonds. The third kappa shape index (κ3) is 3.14. The van der Waals surface area contributed by atoms with Crippen LogP contribution in [0.4, 0.5) is 4.79 Å². The van der Waals surface area contributed by atoms with Crippen molar-refractivity contribution in [1.82, 2.24) is 30.0 Å². The first kappa shape index (κ1) is 18.4. The van der Waals surface area contributed by atoms with E-state index in [2.05, 4.69) is 26.6 Å². The van der Waals surface area contributed by atoms with Gasteiger partial charge >= 0.3 is 11.7 Å². The molecule has 0 radical (unpaired) electrons. The highest BCUT2D eigenvalue weighted by molar-refractivity contribution is 5.75. The fourth-order valence-electron chi connectivity index (χ4n) is 5.17. The Morgan fingerprint density at radius 3 is 2.72 bits per heavy atom. The maximum atomic E-state index is 13.2. The Morgan fingerprint density at radius 2 is 2.14 bits per heavy atom.